The largest absolute Gasteiger partial charge is 0.497 e. The van der Waals surface area contributed by atoms with Crippen LogP contribution in [0.1, 0.15) is 16.7 Å². The summed E-state index contributed by atoms with van der Waals surface area (Å²) in [6, 6.07) is 11.6. The van der Waals surface area contributed by atoms with Crippen molar-refractivity contribution in [2.45, 2.75) is 18.5 Å². The average molecular weight is 448 g/mol. The highest BCUT2D eigenvalue weighted by molar-refractivity contribution is 5.80. The highest BCUT2D eigenvalue weighted by Crippen LogP contribution is 2.51. The van der Waals surface area contributed by atoms with E-state index in [2.05, 4.69) is 10.3 Å². The molecule has 0 aliphatic heterocycles. The second-order valence-electron chi connectivity index (χ2n) is 7.23. The van der Waals surface area contributed by atoms with Crippen LogP contribution in [0.5, 0.6) is 5.75 Å². The van der Waals surface area contributed by atoms with Gasteiger partial charge in [0.15, 0.2) is 17.2 Å². The first kappa shape index (κ1) is 20.2. The lowest BCUT2D eigenvalue weighted by Crippen LogP contribution is -2.23. The molecule has 1 aliphatic rings. The summed E-state index contributed by atoms with van der Waals surface area (Å²) < 4.78 is 87.1. The number of methoxy groups -OCH3 is 1. The Morgan fingerprint density at radius 2 is 1.62 bits per heavy atom. The standard InChI is InChI=1S/C22H13F5N2O3/c1-30-12-7-8-13-15(9-12)21(23,24)10-14-17(13)28-32-20(14)18-16(22(25,26)27)19(31-29-18)11-5-3-2-4-6-11/h2-9H,10H2,1H3. The molecule has 0 saturated carbocycles. The molecule has 1 aliphatic carbocycles. The van der Waals surface area contributed by atoms with Gasteiger partial charge < -0.3 is 13.8 Å². The van der Waals surface area contributed by atoms with Crippen molar-refractivity contribution in [1.82, 2.24) is 10.3 Å². The van der Waals surface area contributed by atoms with E-state index in [-0.39, 0.29) is 33.7 Å². The van der Waals surface area contributed by atoms with E-state index in [1.807, 2.05) is 0 Å². The van der Waals surface area contributed by atoms with Crippen molar-refractivity contribution in [3.05, 3.63) is 65.2 Å². The van der Waals surface area contributed by atoms with Crippen molar-refractivity contribution >= 4 is 0 Å². The maximum Gasteiger partial charge on any atom is 0.422 e. The van der Waals surface area contributed by atoms with Crippen LogP contribution in [-0.4, -0.2) is 17.4 Å². The van der Waals surface area contributed by atoms with Gasteiger partial charge in [-0.1, -0.05) is 40.6 Å². The van der Waals surface area contributed by atoms with Crippen LogP contribution in [0.15, 0.2) is 57.6 Å². The van der Waals surface area contributed by atoms with Gasteiger partial charge in [-0.05, 0) is 18.2 Å². The Labute approximate surface area is 177 Å². The summed E-state index contributed by atoms with van der Waals surface area (Å²) in [4.78, 5) is 0. The third-order valence-electron chi connectivity index (χ3n) is 5.29. The fourth-order valence-electron chi connectivity index (χ4n) is 3.84. The van der Waals surface area contributed by atoms with Crippen molar-refractivity contribution in [3.63, 3.8) is 0 Å². The maximum atomic E-state index is 15.0. The smallest absolute Gasteiger partial charge is 0.422 e. The maximum absolute atomic E-state index is 15.0. The first-order chi connectivity index (χ1) is 15.2. The molecule has 2 heterocycles. The van der Waals surface area contributed by atoms with Crippen LogP contribution in [0.3, 0.4) is 0 Å². The Morgan fingerprint density at radius 1 is 0.938 bits per heavy atom. The van der Waals surface area contributed by atoms with Gasteiger partial charge in [-0.3, -0.25) is 0 Å². The van der Waals surface area contributed by atoms with Crippen LogP contribution in [0.2, 0.25) is 0 Å². The van der Waals surface area contributed by atoms with E-state index >= 15 is 0 Å². The van der Waals surface area contributed by atoms with Crippen molar-refractivity contribution in [2.24, 2.45) is 0 Å². The van der Waals surface area contributed by atoms with E-state index in [4.69, 9.17) is 13.8 Å². The van der Waals surface area contributed by atoms with Crippen molar-refractivity contribution in [3.8, 4) is 39.8 Å². The normalized spacial score (nSPS) is 14.7. The Morgan fingerprint density at radius 3 is 2.31 bits per heavy atom. The van der Waals surface area contributed by atoms with Crippen LogP contribution in [0.4, 0.5) is 22.0 Å². The first-order valence-electron chi connectivity index (χ1n) is 9.38. The summed E-state index contributed by atoms with van der Waals surface area (Å²) in [5, 5.41) is 7.35. The zero-order valence-corrected chi connectivity index (χ0v) is 16.3. The van der Waals surface area contributed by atoms with Crippen molar-refractivity contribution < 1.29 is 35.7 Å². The SMILES string of the molecule is COc1ccc2c(c1)C(F)(F)Cc1c-2noc1-c1noc(-c2ccccc2)c1C(F)(F)F. The molecule has 10 heteroatoms. The van der Waals surface area contributed by atoms with E-state index < -0.39 is 41.3 Å². The van der Waals surface area contributed by atoms with Gasteiger partial charge in [0, 0.05) is 28.7 Å². The molecule has 5 nitrogen and oxygen atoms in total. The minimum Gasteiger partial charge on any atom is -0.497 e. The third-order valence-corrected chi connectivity index (χ3v) is 5.29. The van der Waals surface area contributed by atoms with E-state index in [0.717, 1.165) is 0 Å². The summed E-state index contributed by atoms with van der Waals surface area (Å²) in [5.41, 5.74) is -2.25. The summed E-state index contributed by atoms with van der Waals surface area (Å²) in [6.07, 6.45) is -5.80. The van der Waals surface area contributed by atoms with Gasteiger partial charge in [-0.25, -0.2) is 8.78 Å². The number of ether oxygens (including phenoxy) is 1. The number of halogens is 5. The summed E-state index contributed by atoms with van der Waals surface area (Å²) >= 11 is 0. The van der Waals surface area contributed by atoms with Crippen LogP contribution < -0.4 is 4.74 Å². The number of alkyl halides is 5. The lowest BCUT2D eigenvalue weighted by molar-refractivity contribution is -0.136. The number of benzene rings is 2. The highest BCUT2D eigenvalue weighted by atomic mass is 19.4. The molecule has 5 rings (SSSR count). The quantitative estimate of drug-likeness (QED) is 0.343. The van der Waals surface area contributed by atoms with Gasteiger partial charge in [0.05, 0.1) is 7.11 Å². The van der Waals surface area contributed by atoms with Gasteiger partial charge in [0.1, 0.15) is 17.0 Å². The van der Waals surface area contributed by atoms with Gasteiger partial charge in [0.25, 0.3) is 5.92 Å². The molecule has 4 aromatic rings. The topological polar surface area (TPSA) is 61.3 Å². The molecule has 0 fully saturated rings. The number of nitrogens with zero attached hydrogens (tertiary/aromatic N) is 2. The van der Waals surface area contributed by atoms with Crippen molar-refractivity contribution in [2.75, 3.05) is 7.11 Å². The molecule has 2 aromatic heterocycles. The average Bonchev–Trinajstić information content (AvgIpc) is 3.38. The minimum atomic E-state index is -4.89. The number of aromatic nitrogens is 2. The molecule has 0 spiro atoms. The van der Waals surface area contributed by atoms with Crippen LogP contribution in [0, 0.1) is 0 Å². The van der Waals surface area contributed by atoms with Gasteiger partial charge >= 0.3 is 6.18 Å². The molecule has 0 unspecified atom stereocenters. The third kappa shape index (κ3) is 3.05. The Hall–Kier alpha value is -3.69. The molecule has 0 atom stereocenters. The summed E-state index contributed by atoms with van der Waals surface area (Å²) in [7, 11) is 1.34. The monoisotopic (exact) mass is 448 g/mol. The minimum absolute atomic E-state index is 0.0287. The molecular formula is C22H13F5N2O3. The number of fused-ring (bicyclic) bond motifs is 3. The van der Waals surface area contributed by atoms with E-state index in [9.17, 15) is 22.0 Å². The number of rotatable bonds is 3. The van der Waals surface area contributed by atoms with E-state index in [1.54, 1.807) is 18.2 Å². The van der Waals surface area contributed by atoms with Gasteiger partial charge in [-0.2, -0.15) is 13.2 Å². The summed E-state index contributed by atoms with van der Waals surface area (Å²) in [6.45, 7) is 0. The molecule has 32 heavy (non-hydrogen) atoms. The highest BCUT2D eigenvalue weighted by Gasteiger charge is 2.47. The molecule has 0 radical (unpaired) electrons. The zero-order chi connectivity index (χ0) is 22.7. The van der Waals surface area contributed by atoms with Crippen LogP contribution >= 0.6 is 0 Å². The fraction of sp³-hybridized carbons (Fsp3) is 0.182. The van der Waals surface area contributed by atoms with Gasteiger partial charge in [0.2, 0.25) is 0 Å². The van der Waals surface area contributed by atoms with Crippen molar-refractivity contribution in [1.29, 1.82) is 0 Å². The van der Waals surface area contributed by atoms with E-state index in [1.165, 1.54) is 37.4 Å². The number of hydrogen-bond donors (Lipinski definition) is 0. The molecule has 0 bridgehead atoms. The molecule has 0 saturated heterocycles. The molecule has 0 N–H and O–H groups in total. The second kappa shape index (κ2) is 6.91. The van der Waals surface area contributed by atoms with Crippen LogP contribution in [-0.2, 0) is 18.5 Å². The number of hydrogen-bond acceptors (Lipinski definition) is 5. The predicted octanol–water partition coefficient (Wildman–Crippen LogP) is 6.34. The predicted molar refractivity (Wildman–Crippen MR) is 102 cm³/mol. The summed E-state index contributed by atoms with van der Waals surface area (Å²) in [5.74, 6) is -4.20. The van der Waals surface area contributed by atoms with Gasteiger partial charge in [-0.15, -0.1) is 0 Å². The Balaban J connectivity index is 1.72. The molecule has 164 valence electrons. The molecule has 0 amide bonds. The Kier molecular flexibility index (Phi) is 4.37. The van der Waals surface area contributed by atoms with E-state index in [0.29, 0.717) is 0 Å². The Bertz CT molecular complexity index is 1310. The lowest BCUT2D eigenvalue weighted by atomic mass is 9.85. The fourth-order valence-corrected chi connectivity index (χ4v) is 3.84. The molecule has 2 aromatic carbocycles. The zero-order valence-electron chi connectivity index (χ0n) is 16.3. The lowest BCUT2D eigenvalue weighted by Gasteiger charge is -2.24. The second-order valence-corrected chi connectivity index (χ2v) is 7.23. The van der Waals surface area contributed by atoms with Crippen LogP contribution in [0.25, 0.3) is 34.0 Å². The molecular weight excluding hydrogens is 435 g/mol. The first-order valence-corrected chi connectivity index (χ1v) is 9.38.